The predicted octanol–water partition coefficient (Wildman–Crippen LogP) is 3.50. The van der Waals surface area contributed by atoms with Crippen molar-refractivity contribution in [3.05, 3.63) is 65.2 Å². The Bertz CT molecular complexity index is 845. The molecule has 0 radical (unpaired) electrons. The van der Waals surface area contributed by atoms with Crippen LogP contribution in [0.15, 0.2) is 65.2 Å². The number of hydrogen-bond acceptors (Lipinski definition) is 5. The second-order valence-electron chi connectivity index (χ2n) is 8.19. The average Bonchev–Trinajstić information content (AvgIpc) is 2.80. The summed E-state index contributed by atoms with van der Waals surface area (Å²) in [6, 6.07) is 5.72. The van der Waals surface area contributed by atoms with Gasteiger partial charge in [0.05, 0.1) is 6.42 Å². The van der Waals surface area contributed by atoms with Crippen LogP contribution in [-0.4, -0.2) is 47.5 Å². The third kappa shape index (κ3) is 13.9. The number of rotatable bonds is 11. The van der Waals surface area contributed by atoms with Crippen LogP contribution in [0.2, 0.25) is 0 Å². The maximum absolute atomic E-state index is 11.8. The molecular formula is C26H38N4O4. The van der Waals surface area contributed by atoms with Gasteiger partial charge in [-0.2, -0.15) is 0 Å². The second-order valence-corrected chi connectivity index (χ2v) is 8.19. The van der Waals surface area contributed by atoms with Gasteiger partial charge in [-0.3, -0.25) is 19.4 Å². The van der Waals surface area contributed by atoms with E-state index in [0.717, 1.165) is 32.2 Å². The van der Waals surface area contributed by atoms with E-state index in [1.807, 2.05) is 18.2 Å². The van der Waals surface area contributed by atoms with Gasteiger partial charge in [0.15, 0.2) is 0 Å². The number of carboxylic acids is 1. The molecule has 1 aliphatic rings. The zero-order chi connectivity index (χ0) is 25.2. The first-order valence-corrected chi connectivity index (χ1v) is 11.7. The molecule has 2 heterocycles. The molecule has 8 nitrogen and oxygen atoms in total. The fourth-order valence-electron chi connectivity index (χ4n) is 3.16. The van der Waals surface area contributed by atoms with Crippen LogP contribution < -0.4 is 16.0 Å². The van der Waals surface area contributed by atoms with Gasteiger partial charge < -0.3 is 21.1 Å². The van der Waals surface area contributed by atoms with Gasteiger partial charge in [0.25, 0.3) is 0 Å². The smallest absolute Gasteiger partial charge is 0.305 e. The van der Waals surface area contributed by atoms with Crippen molar-refractivity contribution in [3.63, 3.8) is 0 Å². The highest BCUT2D eigenvalue weighted by atomic mass is 16.4. The fourth-order valence-corrected chi connectivity index (χ4v) is 3.16. The van der Waals surface area contributed by atoms with Crippen molar-refractivity contribution >= 4 is 17.8 Å². The number of amides is 2. The zero-order valence-corrected chi connectivity index (χ0v) is 20.5. The Hall–Kier alpha value is -3.42. The minimum absolute atomic E-state index is 0.0309. The van der Waals surface area contributed by atoms with Crippen LogP contribution in [0.1, 0.15) is 59.3 Å². The molecule has 0 bridgehead atoms. The Balaban J connectivity index is 0.000000830. The Labute approximate surface area is 202 Å². The van der Waals surface area contributed by atoms with Crippen molar-refractivity contribution < 1.29 is 19.5 Å². The standard InChI is InChI=1S/C21H33N3O4.C5H5N/c1-15(2)17(8-9-18-7-5-11-22-16(18)3)6-4-12-23-19(25)14-20(26)24-13-10-21(27)28;1-2-4-6-5-3-1/h8-9,22H,4-7,10-14H2,1-3H3,(H,23,25)(H,24,26)(H,27,28);1-5H/b9-8-;. The summed E-state index contributed by atoms with van der Waals surface area (Å²) in [4.78, 5) is 37.5. The number of allylic oxidation sites excluding steroid dienone is 6. The highest BCUT2D eigenvalue weighted by Crippen LogP contribution is 2.19. The molecule has 186 valence electrons. The van der Waals surface area contributed by atoms with Crippen molar-refractivity contribution in [1.29, 1.82) is 0 Å². The molecule has 1 aliphatic heterocycles. The molecule has 8 heteroatoms. The van der Waals surface area contributed by atoms with Crippen LogP contribution in [0.25, 0.3) is 0 Å². The number of aliphatic carboxylic acids is 1. The van der Waals surface area contributed by atoms with E-state index in [1.54, 1.807) is 12.4 Å². The molecule has 0 saturated carbocycles. The fraction of sp³-hybridized carbons (Fsp3) is 0.462. The molecule has 0 aliphatic carbocycles. The summed E-state index contributed by atoms with van der Waals surface area (Å²) in [6.07, 6.45) is 11.3. The molecule has 0 atom stereocenters. The van der Waals surface area contributed by atoms with E-state index in [2.05, 4.69) is 53.9 Å². The van der Waals surface area contributed by atoms with Gasteiger partial charge in [-0.05, 0) is 69.7 Å². The Morgan fingerprint density at radius 1 is 1.06 bits per heavy atom. The molecule has 2 amide bonds. The molecule has 2 rings (SSSR count). The van der Waals surface area contributed by atoms with E-state index in [4.69, 9.17) is 5.11 Å². The third-order valence-electron chi connectivity index (χ3n) is 5.12. The Morgan fingerprint density at radius 2 is 1.74 bits per heavy atom. The predicted molar refractivity (Wildman–Crippen MR) is 134 cm³/mol. The first-order valence-electron chi connectivity index (χ1n) is 11.7. The summed E-state index contributed by atoms with van der Waals surface area (Å²) in [5.74, 6) is -1.80. The van der Waals surface area contributed by atoms with Crippen molar-refractivity contribution in [2.24, 2.45) is 0 Å². The van der Waals surface area contributed by atoms with Gasteiger partial charge in [-0.1, -0.05) is 23.8 Å². The summed E-state index contributed by atoms with van der Waals surface area (Å²) < 4.78 is 0. The minimum atomic E-state index is -0.986. The van der Waals surface area contributed by atoms with Crippen LogP contribution in [0.3, 0.4) is 0 Å². The molecule has 0 unspecified atom stereocenters. The summed E-state index contributed by atoms with van der Waals surface area (Å²) in [7, 11) is 0. The van der Waals surface area contributed by atoms with Crippen LogP contribution in [0, 0.1) is 0 Å². The first kappa shape index (κ1) is 28.6. The highest BCUT2D eigenvalue weighted by Gasteiger charge is 2.09. The normalized spacial score (nSPS) is 12.8. The number of carbonyl (C=O) groups is 3. The average molecular weight is 471 g/mol. The zero-order valence-electron chi connectivity index (χ0n) is 20.5. The minimum Gasteiger partial charge on any atom is -0.481 e. The van der Waals surface area contributed by atoms with Gasteiger partial charge in [-0.25, -0.2) is 0 Å². The highest BCUT2D eigenvalue weighted by molar-refractivity contribution is 5.96. The van der Waals surface area contributed by atoms with Crippen LogP contribution in [0.5, 0.6) is 0 Å². The summed E-state index contributed by atoms with van der Waals surface area (Å²) in [5, 5.41) is 17.1. The van der Waals surface area contributed by atoms with Gasteiger partial charge in [0, 0.05) is 37.7 Å². The lowest BCUT2D eigenvalue weighted by Gasteiger charge is -2.17. The summed E-state index contributed by atoms with van der Waals surface area (Å²) >= 11 is 0. The van der Waals surface area contributed by atoms with Gasteiger partial charge in [0.1, 0.15) is 6.42 Å². The van der Waals surface area contributed by atoms with Crippen LogP contribution in [-0.2, 0) is 14.4 Å². The van der Waals surface area contributed by atoms with E-state index >= 15 is 0 Å². The monoisotopic (exact) mass is 470 g/mol. The van der Waals surface area contributed by atoms with Gasteiger partial charge in [-0.15, -0.1) is 0 Å². The van der Waals surface area contributed by atoms with E-state index in [0.29, 0.717) is 6.54 Å². The number of nitrogens with zero attached hydrogens (tertiary/aromatic N) is 1. The first-order chi connectivity index (χ1) is 16.3. The van der Waals surface area contributed by atoms with E-state index in [-0.39, 0.29) is 25.3 Å². The molecule has 1 aromatic heterocycles. The molecule has 0 aromatic carbocycles. The molecule has 0 fully saturated rings. The van der Waals surface area contributed by atoms with Crippen molar-refractivity contribution in [2.75, 3.05) is 19.6 Å². The van der Waals surface area contributed by atoms with E-state index < -0.39 is 11.9 Å². The number of hydrogen-bond donors (Lipinski definition) is 4. The Kier molecular flexibility index (Phi) is 14.4. The molecule has 34 heavy (non-hydrogen) atoms. The van der Waals surface area contributed by atoms with Crippen molar-refractivity contribution in [2.45, 2.75) is 59.3 Å². The largest absolute Gasteiger partial charge is 0.481 e. The number of carbonyl (C=O) groups excluding carboxylic acids is 2. The number of aromatic nitrogens is 1. The molecule has 0 spiro atoms. The maximum atomic E-state index is 11.8. The SMILES string of the molecule is CC(C)=C(/C=C\C1=C(C)NCCC1)CCCNC(=O)CC(=O)NCCC(=O)O.c1ccncc1. The third-order valence-corrected chi connectivity index (χ3v) is 5.12. The lowest BCUT2D eigenvalue weighted by atomic mass is 10.00. The van der Waals surface area contributed by atoms with Gasteiger partial charge in [0.2, 0.25) is 11.8 Å². The number of pyridine rings is 1. The Morgan fingerprint density at radius 3 is 2.26 bits per heavy atom. The molecule has 0 saturated heterocycles. The van der Waals surface area contributed by atoms with E-state index in [1.165, 1.54) is 22.4 Å². The number of carboxylic acid groups (broad SMARTS) is 1. The quantitative estimate of drug-likeness (QED) is 0.223. The second kappa shape index (κ2) is 17.1. The summed E-state index contributed by atoms with van der Waals surface area (Å²) in [5.41, 5.74) is 5.09. The van der Waals surface area contributed by atoms with E-state index in [9.17, 15) is 14.4 Å². The van der Waals surface area contributed by atoms with Crippen molar-refractivity contribution in [1.82, 2.24) is 20.9 Å². The lowest BCUT2D eigenvalue weighted by molar-refractivity contribution is -0.136. The lowest BCUT2D eigenvalue weighted by Crippen LogP contribution is -2.33. The van der Waals surface area contributed by atoms with Crippen LogP contribution >= 0.6 is 0 Å². The van der Waals surface area contributed by atoms with Gasteiger partial charge >= 0.3 is 5.97 Å². The van der Waals surface area contributed by atoms with Crippen molar-refractivity contribution in [3.8, 4) is 0 Å². The molecule has 1 aromatic rings. The molecular weight excluding hydrogens is 432 g/mol. The molecule has 4 N–H and O–H groups in total. The van der Waals surface area contributed by atoms with Crippen LogP contribution in [0.4, 0.5) is 0 Å². The number of nitrogens with one attached hydrogen (secondary N) is 3. The topological polar surface area (TPSA) is 120 Å². The maximum Gasteiger partial charge on any atom is 0.305 e. The summed E-state index contributed by atoms with van der Waals surface area (Å²) in [6.45, 7) is 7.84.